The van der Waals surface area contributed by atoms with Crippen LogP contribution in [-0.4, -0.2) is 18.9 Å². The maximum atomic E-state index is 11.6. The lowest BCUT2D eigenvalue weighted by Gasteiger charge is -2.11. The first kappa shape index (κ1) is 10.2. The summed E-state index contributed by atoms with van der Waals surface area (Å²) in [7, 11) is 1.34. The molecule has 2 atom stereocenters. The van der Waals surface area contributed by atoms with Crippen LogP contribution in [0.2, 0.25) is 0 Å². The largest absolute Gasteiger partial charge is 0.468 e. The van der Waals surface area contributed by atoms with Gasteiger partial charge >= 0.3 is 5.97 Å². The number of hydrogen-bond acceptors (Lipinski definition) is 3. The number of rotatable bonds is 4. The van der Waals surface area contributed by atoms with Gasteiger partial charge in [0.15, 0.2) is 0 Å². The van der Waals surface area contributed by atoms with E-state index in [9.17, 15) is 9.59 Å². The van der Waals surface area contributed by atoms with Crippen molar-refractivity contribution in [2.75, 3.05) is 7.11 Å². The van der Waals surface area contributed by atoms with Gasteiger partial charge in [-0.2, -0.15) is 0 Å². The van der Waals surface area contributed by atoms with E-state index in [1.165, 1.54) is 7.11 Å². The molecule has 0 radical (unpaired) electrons. The first-order chi connectivity index (χ1) is 6.09. The molecule has 0 aliphatic heterocycles. The summed E-state index contributed by atoms with van der Waals surface area (Å²) in [5, 5.41) is 0. The molecule has 0 aromatic rings. The Hall–Kier alpha value is -0.860. The average Bonchev–Trinajstić information content (AvgIpc) is 2.78. The van der Waals surface area contributed by atoms with Crippen LogP contribution in [0.15, 0.2) is 0 Å². The predicted octanol–water partition coefficient (Wildman–Crippen LogP) is 1.55. The van der Waals surface area contributed by atoms with E-state index >= 15 is 0 Å². The molecule has 0 spiro atoms. The number of hydrogen-bond donors (Lipinski definition) is 0. The number of ether oxygens (including phenoxy) is 1. The van der Waals surface area contributed by atoms with Gasteiger partial charge in [0.25, 0.3) is 0 Å². The van der Waals surface area contributed by atoms with Gasteiger partial charge in [0, 0.05) is 6.42 Å². The Morgan fingerprint density at radius 1 is 1.54 bits per heavy atom. The van der Waals surface area contributed by atoms with Crippen LogP contribution in [0, 0.1) is 11.3 Å². The van der Waals surface area contributed by atoms with E-state index < -0.39 is 5.41 Å². The fraction of sp³-hybridized carbons (Fsp3) is 0.800. The molecule has 0 N–H and O–H groups in total. The number of ketones is 1. The van der Waals surface area contributed by atoms with Gasteiger partial charge in [0.05, 0.1) is 7.11 Å². The lowest BCUT2D eigenvalue weighted by Crippen LogP contribution is -2.28. The van der Waals surface area contributed by atoms with Crippen LogP contribution in [0.1, 0.15) is 33.1 Å². The summed E-state index contributed by atoms with van der Waals surface area (Å²) >= 11 is 0. The van der Waals surface area contributed by atoms with Crippen molar-refractivity contribution in [3.63, 3.8) is 0 Å². The quantitative estimate of drug-likeness (QED) is 0.492. The van der Waals surface area contributed by atoms with E-state index in [4.69, 9.17) is 0 Å². The highest BCUT2D eigenvalue weighted by Gasteiger charge is 2.63. The average molecular weight is 184 g/mol. The van der Waals surface area contributed by atoms with Gasteiger partial charge in [0.1, 0.15) is 11.2 Å². The monoisotopic (exact) mass is 184 g/mol. The van der Waals surface area contributed by atoms with E-state index in [0.717, 1.165) is 6.42 Å². The van der Waals surface area contributed by atoms with Crippen molar-refractivity contribution in [2.45, 2.75) is 33.1 Å². The molecule has 0 bridgehead atoms. The molecule has 0 heterocycles. The molecule has 13 heavy (non-hydrogen) atoms. The molecular formula is C10H16O3. The molecule has 1 saturated carbocycles. The first-order valence-corrected chi connectivity index (χ1v) is 4.71. The Labute approximate surface area is 78.5 Å². The topological polar surface area (TPSA) is 43.4 Å². The fourth-order valence-electron chi connectivity index (χ4n) is 1.84. The molecule has 3 nitrogen and oxygen atoms in total. The van der Waals surface area contributed by atoms with Gasteiger partial charge < -0.3 is 4.74 Å². The second-order valence-electron chi connectivity index (χ2n) is 3.74. The van der Waals surface area contributed by atoms with Crippen LogP contribution in [0.5, 0.6) is 0 Å². The molecule has 3 heteroatoms. The number of Topliss-reactive ketones (excluding diaryl/α,β-unsaturated/α-hetero) is 1. The molecule has 1 aliphatic rings. The first-order valence-electron chi connectivity index (χ1n) is 4.71. The Morgan fingerprint density at radius 2 is 2.08 bits per heavy atom. The summed E-state index contributed by atoms with van der Waals surface area (Å²) in [6, 6.07) is 0. The van der Waals surface area contributed by atoms with Crippen molar-refractivity contribution < 1.29 is 14.3 Å². The van der Waals surface area contributed by atoms with Crippen molar-refractivity contribution in [3.8, 4) is 0 Å². The third-order valence-electron chi connectivity index (χ3n) is 2.83. The van der Waals surface area contributed by atoms with E-state index in [1.807, 2.05) is 13.8 Å². The van der Waals surface area contributed by atoms with Crippen LogP contribution >= 0.6 is 0 Å². The summed E-state index contributed by atoms with van der Waals surface area (Å²) in [6.45, 7) is 3.86. The third kappa shape index (κ3) is 1.47. The molecule has 0 aromatic heterocycles. The minimum absolute atomic E-state index is 0.0503. The second-order valence-corrected chi connectivity index (χ2v) is 3.74. The Balaban J connectivity index is 2.72. The fourth-order valence-corrected chi connectivity index (χ4v) is 1.84. The molecule has 2 unspecified atom stereocenters. The molecule has 1 fully saturated rings. The van der Waals surface area contributed by atoms with Gasteiger partial charge in [0.2, 0.25) is 0 Å². The standard InChI is InChI=1S/C10H16O3/c1-4-5-8(11)10(6-7(10)2)9(12)13-3/h7H,4-6H2,1-3H3. The van der Waals surface area contributed by atoms with Crippen LogP contribution in [0.3, 0.4) is 0 Å². The third-order valence-corrected chi connectivity index (χ3v) is 2.83. The zero-order valence-electron chi connectivity index (χ0n) is 8.42. The van der Waals surface area contributed by atoms with E-state index in [1.54, 1.807) is 0 Å². The predicted molar refractivity (Wildman–Crippen MR) is 48.1 cm³/mol. The number of esters is 1. The highest BCUT2D eigenvalue weighted by Crippen LogP contribution is 2.54. The molecule has 0 saturated heterocycles. The van der Waals surface area contributed by atoms with Gasteiger partial charge in [-0.15, -0.1) is 0 Å². The number of carbonyl (C=O) groups excluding carboxylic acids is 2. The maximum Gasteiger partial charge on any atom is 0.319 e. The van der Waals surface area contributed by atoms with Crippen LogP contribution < -0.4 is 0 Å². The van der Waals surface area contributed by atoms with E-state index in [0.29, 0.717) is 12.8 Å². The van der Waals surface area contributed by atoms with Gasteiger partial charge in [-0.3, -0.25) is 9.59 Å². The van der Waals surface area contributed by atoms with Crippen molar-refractivity contribution in [2.24, 2.45) is 11.3 Å². The Kier molecular flexibility index (Phi) is 2.74. The van der Waals surface area contributed by atoms with Crippen molar-refractivity contribution in [1.29, 1.82) is 0 Å². The van der Waals surface area contributed by atoms with Gasteiger partial charge in [-0.1, -0.05) is 13.8 Å². The summed E-state index contributed by atoms with van der Waals surface area (Å²) in [4.78, 5) is 23.0. The van der Waals surface area contributed by atoms with Crippen molar-refractivity contribution >= 4 is 11.8 Å². The lowest BCUT2D eigenvalue weighted by molar-refractivity contribution is -0.152. The molecule has 1 rings (SSSR count). The molecule has 1 aliphatic carbocycles. The number of methoxy groups -OCH3 is 1. The highest BCUT2D eigenvalue weighted by molar-refractivity contribution is 6.07. The summed E-state index contributed by atoms with van der Waals surface area (Å²) in [5.74, 6) is -0.133. The van der Waals surface area contributed by atoms with E-state index in [2.05, 4.69) is 4.74 Å². The minimum Gasteiger partial charge on any atom is -0.468 e. The molecule has 74 valence electrons. The van der Waals surface area contributed by atoms with Crippen molar-refractivity contribution in [3.05, 3.63) is 0 Å². The molecule has 0 amide bonds. The second kappa shape index (κ2) is 3.48. The van der Waals surface area contributed by atoms with Gasteiger partial charge in [-0.25, -0.2) is 0 Å². The SMILES string of the molecule is CCCC(=O)C1(C(=O)OC)CC1C. The Bertz CT molecular complexity index is 234. The Morgan fingerprint density at radius 3 is 2.38 bits per heavy atom. The van der Waals surface area contributed by atoms with Crippen LogP contribution in [-0.2, 0) is 14.3 Å². The van der Waals surface area contributed by atoms with Crippen molar-refractivity contribution in [1.82, 2.24) is 0 Å². The van der Waals surface area contributed by atoms with Crippen LogP contribution in [0.25, 0.3) is 0 Å². The smallest absolute Gasteiger partial charge is 0.319 e. The summed E-state index contributed by atoms with van der Waals surface area (Å²) in [6.07, 6.45) is 1.95. The lowest BCUT2D eigenvalue weighted by atomic mass is 9.95. The minimum atomic E-state index is -0.773. The normalized spacial score (nSPS) is 31.2. The highest BCUT2D eigenvalue weighted by atomic mass is 16.5. The summed E-state index contributed by atoms with van der Waals surface area (Å²) in [5.41, 5.74) is -0.773. The zero-order chi connectivity index (χ0) is 10.1. The number of carbonyl (C=O) groups is 2. The maximum absolute atomic E-state index is 11.6. The van der Waals surface area contributed by atoms with Gasteiger partial charge in [-0.05, 0) is 18.8 Å². The van der Waals surface area contributed by atoms with E-state index in [-0.39, 0.29) is 17.7 Å². The molecule has 0 aromatic carbocycles. The molecular weight excluding hydrogens is 168 g/mol. The summed E-state index contributed by atoms with van der Waals surface area (Å²) < 4.78 is 4.66. The van der Waals surface area contributed by atoms with Crippen LogP contribution in [0.4, 0.5) is 0 Å². The zero-order valence-corrected chi connectivity index (χ0v) is 8.42.